The van der Waals surface area contributed by atoms with Crippen LogP contribution in [0.15, 0.2) is 59.5 Å². The summed E-state index contributed by atoms with van der Waals surface area (Å²) in [6.45, 7) is 6.73. The molecule has 0 radical (unpaired) electrons. The molecule has 25 heavy (non-hydrogen) atoms. The molecule has 6 heteroatoms. The van der Waals surface area contributed by atoms with Crippen molar-refractivity contribution in [2.45, 2.75) is 31.4 Å². The van der Waals surface area contributed by atoms with E-state index < -0.39 is 10.1 Å². The number of aryl methyl sites for hydroxylation is 1. The van der Waals surface area contributed by atoms with Crippen molar-refractivity contribution in [3.05, 3.63) is 65.7 Å². The first kappa shape index (κ1) is 19.6. The Morgan fingerprint density at radius 2 is 1.64 bits per heavy atom. The van der Waals surface area contributed by atoms with E-state index in [2.05, 4.69) is 36.1 Å². The van der Waals surface area contributed by atoms with Crippen LogP contribution in [0, 0.1) is 12.8 Å². The third-order valence-corrected chi connectivity index (χ3v) is 5.08. The predicted octanol–water partition coefficient (Wildman–Crippen LogP) is 2.74. The van der Waals surface area contributed by atoms with Gasteiger partial charge in [-0.25, -0.2) is 0 Å². The van der Waals surface area contributed by atoms with Crippen molar-refractivity contribution in [2.75, 3.05) is 13.1 Å². The molecular weight excluding hydrogens is 338 g/mol. The number of β-amino-alcohol motifs (C(OH)–C–C–N with tert-alkyl or cyclic N) is 1. The molecule has 2 aromatic rings. The SMILES string of the molecule is CC1CN(Cc2ccccc2)CC1O.Cc1ccc(S(=O)(=O)O)cc1. The highest BCUT2D eigenvalue weighted by molar-refractivity contribution is 7.85. The van der Waals surface area contributed by atoms with Crippen LogP contribution in [0.5, 0.6) is 0 Å². The molecule has 0 aliphatic carbocycles. The van der Waals surface area contributed by atoms with E-state index in [0.29, 0.717) is 5.92 Å². The average Bonchev–Trinajstić information content (AvgIpc) is 2.86. The molecule has 0 spiro atoms. The Morgan fingerprint density at radius 3 is 2.12 bits per heavy atom. The van der Waals surface area contributed by atoms with E-state index in [1.807, 2.05) is 13.0 Å². The molecule has 0 amide bonds. The van der Waals surface area contributed by atoms with Crippen molar-refractivity contribution in [3.63, 3.8) is 0 Å². The summed E-state index contributed by atoms with van der Waals surface area (Å²) in [5.41, 5.74) is 2.28. The Kier molecular flexibility index (Phi) is 6.72. The summed E-state index contributed by atoms with van der Waals surface area (Å²) in [7, 11) is -4.02. The number of likely N-dealkylation sites (tertiary alicyclic amines) is 1. The fourth-order valence-corrected chi connectivity index (χ4v) is 3.21. The van der Waals surface area contributed by atoms with Crippen LogP contribution in [0.3, 0.4) is 0 Å². The minimum atomic E-state index is -4.02. The van der Waals surface area contributed by atoms with E-state index in [1.54, 1.807) is 12.1 Å². The highest BCUT2D eigenvalue weighted by atomic mass is 32.2. The monoisotopic (exact) mass is 363 g/mol. The first-order valence-electron chi connectivity index (χ1n) is 8.24. The van der Waals surface area contributed by atoms with Gasteiger partial charge in [-0.1, -0.05) is 55.0 Å². The molecule has 2 aromatic carbocycles. The Hall–Kier alpha value is -1.73. The molecule has 2 atom stereocenters. The van der Waals surface area contributed by atoms with Crippen LogP contribution in [-0.4, -0.2) is 42.2 Å². The van der Waals surface area contributed by atoms with Crippen LogP contribution in [0.4, 0.5) is 0 Å². The molecule has 1 aliphatic heterocycles. The summed E-state index contributed by atoms with van der Waals surface area (Å²) < 4.78 is 29.6. The maximum atomic E-state index is 10.5. The van der Waals surface area contributed by atoms with Crippen LogP contribution in [0.25, 0.3) is 0 Å². The van der Waals surface area contributed by atoms with Gasteiger partial charge in [0.05, 0.1) is 11.0 Å². The second kappa shape index (κ2) is 8.58. The van der Waals surface area contributed by atoms with E-state index >= 15 is 0 Å². The normalized spacial score (nSPS) is 20.8. The number of aliphatic hydroxyl groups excluding tert-OH is 1. The van der Waals surface area contributed by atoms with Gasteiger partial charge in [0.25, 0.3) is 10.1 Å². The van der Waals surface area contributed by atoms with Crippen molar-refractivity contribution < 1.29 is 18.1 Å². The van der Waals surface area contributed by atoms with Crippen LogP contribution in [0.2, 0.25) is 0 Å². The molecule has 3 rings (SSSR count). The van der Waals surface area contributed by atoms with Crippen molar-refractivity contribution in [3.8, 4) is 0 Å². The third-order valence-electron chi connectivity index (χ3n) is 4.22. The summed E-state index contributed by atoms with van der Waals surface area (Å²) >= 11 is 0. The van der Waals surface area contributed by atoms with Gasteiger partial charge in [0.1, 0.15) is 0 Å². The number of hydrogen-bond donors (Lipinski definition) is 2. The van der Waals surface area contributed by atoms with Gasteiger partial charge in [0.15, 0.2) is 0 Å². The smallest absolute Gasteiger partial charge is 0.294 e. The molecule has 1 heterocycles. The fraction of sp³-hybridized carbons (Fsp3) is 0.368. The van der Waals surface area contributed by atoms with E-state index in [9.17, 15) is 13.5 Å². The van der Waals surface area contributed by atoms with Crippen LogP contribution in [0.1, 0.15) is 18.1 Å². The predicted molar refractivity (Wildman–Crippen MR) is 97.9 cm³/mol. The number of hydrogen-bond acceptors (Lipinski definition) is 4. The van der Waals surface area contributed by atoms with Gasteiger partial charge in [0.2, 0.25) is 0 Å². The number of aliphatic hydroxyl groups is 1. The lowest BCUT2D eigenvalue weighted by Crippen LogP contribution is -2.21. The average molecular weight is 363 g/mol. The van der Waals surface area contributed by atoms with Crippen molar-refractivity contribution >= 4 is 10.1 Å². The molecule has 1 aliphatic rings. The lowest BCUT2D eigenvalue weighted by molar-refractivity contribution is 0.147. The zero-order valence-corrected chi connectivity index (χ0v) is 15.4. The van der Waals surface area contributed by atoms with Gasteiger partial charge < -0.3 is 5.11 Å². The van der Waals surface area contributed by atoms with Gasteiger partial charge in [-0.2, -0.15) is 8.42 Å². The zero-order chi connectivity index (χ0) is 18.4. The molecule has 0 aromatic heterocycles. The number of benzene rings is 2. The van der Waals surface area contributed by atoms with E-state index in [-0.39, 0.29) is 11.0 Å². The van der Waals surface area contributed by atoms with Gasteiger partial charge in [-0.3, -0.25) is 9.45 Å². The highest BCUT2D eigenvalue weighted by Crippen LogP contribution is 2.18. The Balaban J connectivity index is 0.000000186. The molecule has 1 fully saturated rings. The zero-order valence-electron chi connectivity index (χ0n) is 14.5. The first-order valence-corrected chi connectivity index (χ1v) is 9.68. The Labute approximate surface area is 149 Å². The van der Waals surface area contributed by atoms with Crippen molar-refractivity contribution in [1.29, 1.82) is 0 Å². The number of nitrogens with zero attached hydrogens (tertiary/aromatic N) is 1. The summed E-state index contributed by atoms with van der Waals surface area (Å²) in [5.74, 6) is 0.415. The summed E-state index contributed by atoms with van der Waals surface area (Å²) in [5, 5.41) is 9.60. The molecule has 136 valence electrons. The lowest BCUT2D eigenvalue weighted by atomic mass is 10.1. The van der Waals surface area contributed by atoms with Crippen LogP contribution >= 0.6 is 0 Å². The van der Waals surface area contributed by atoms with Crippen molar-refractivity contribution in [1.82, 2.24) is 4.90 Å². The molecule has 2 N–H and O–H groups in total. The van der Waals surface area contributed by atoms with Gasteiger partial charge in [-0.05, 0) is 30.5 Å². The lowest BCUT2D eigenvalue weighted by Gasteiger charge is -2.14. The quantitative estimate of drug-likeness (QED) is 0.820. The van der Waals surface area contributed by atoms with Crippen LogP contribution in [-0.2, 0) is 16.7 Å². The van der Waals surface area contributed by atoms with E-state index in [0.717, 1.165) is 25.2 Å². The molecular formula is C19H25NO4S. The maximum absolute atomic E-state index is 10.5. The van der Waals surface area contributed by atoms with E-state index in [4.69, 9.17) is 4.55 Å². The van der Waals surface area contributed by atoms with Crippen molar-refractivity contribution in [2.24, 2.45) is 5.92 Å². The molecule has 1 saturated heterocycles. The molecule has 2 unspecified atom stereocenters. The fourth-order valence-electron chi connectivity index (χ4n) is 2.73. The maximum Gasteiger partial charge on any atom is 0.294 e. The highest BCUT2D eigenvalue weighted by Gasteiger charge is 2.27. The second-order valence-corrected chi connectivity index (χ2v) is 7.93. The standard InChI is InChI=1S/C12H17NO.C7H8O3S/c1-10-7-13(9-12(10)14)8-11-5-3-2-4-6-11;1-6-2-4-7(5-3-6)11(8,9)10/h2-6,10,12,14H,7-9H2,1H3;2-5H,1H3,(H,8,9,10). The molecule has 0 saturated carbocycles. The minimum Gasteiger partial charge on any atom is -0.391 e. The molecule has 0 bridgehead atoms. The number of rotatable bonds is 3. The van der Waals surface area contributed by atoms with Crippen LogP contribution < -0.4 is 0 Å². The summed E-state index contributed by atoms with van der Waals surface area (Å²) in [4.78, 5) is 2.24. The summed E-state index contributed by atoms with van der Waals surface area (Å²) in [6.07, 6.45) is -0.140. The Bertz CT molecular complexity index is 750. The van der Waals surface area contributed by atoms with Gasteiger partial charge in [-0.15, -0.1) is 0 Å². The van der Waals surface area contributed by atoms with Gasteiger partial charge >= 0.3 is 0 Å². The minimum absolute atomic E-state index is 0.0666. The Morgan fingerprint density at radius 1 is 1.04 bits per heavy atom. The van der Waals surface area contributed by atoms with Gasteiger partial charge in [0, 0.05) is 19.6 Å². The largest absolute Gasteiger partial charge is 0.391 e. The second-order valence-electron chi connectivity index (χ2n) is 6.51. The third kappa shape index (κ3) is 6.25. The summed E-state index contributed by atoms with van der Waals surface area (Å²) in [6, 6.07) is 16.4. The van der Waals surface area contributed by atoms with E-state index in [1.165, 1.54) is 17.7 Å². The topological polar surface area (TPSA) is 77.8 Å². The molecule has 5 nitrogen and oxygen atoms in total. The first-order chi connectivity index (χ1) is 11.8.